The van der Waals surface area contributed by atoms with Crippen LogP contribution in [0.25, 0.3) is 11.3 Å². The van der Waals surface area contributed by atoms with Crippen molar-refractivity contribution in [1.82, 2.24) is 15.0 Å². The fourth-order valence-electron chi connectivity index (χ4n) is 2.72. The lowest BCUT2D eigenvalue weighted by molar-refractivity contribution is 0.316. The third-order valence-corrected chi connectivity index (χ3v) is 4.50. The molecule has 0 spiro atoms. The van der Waals surface area contributed by atoms with Crippen LogP contribution in [0.3, 0.4) is 0 Å². The highest BCUT2D eigenvalue weighted by atomic mass is 15.2. The van der Waals surface area contributed by atoms with E-state index in [9.17, 15) is 0 Å². The Labute approximate surface area is 137 Å². The molecule has 1 heterocycles. The van der Waals surface area contributed by atoms with E-state index in [0.717, 1.165) is 5.70 Å². The van der Waals surface area contributed by atoms with E-state index < -0.39 is 0 Å². The Morgan fingerprint density at radius 1 is 1.17 bits per heavy atom. The van der Waals surface area contributed by atoms with E-state index in [2.05, 4.69) is 39.2 Å². The van der Waals surface area contributed by atoms with Gasteiger partial charge in [0.05, 0.1) is 18.2 Å². The van der Waals surface area contributed by atoms with Crippen molar-refractivity contribution in [2.24, 2.45) is 17.5 Å². The van der Waals surface area contributed by atoms with Crippen LogP contribution in [-0.2, 0) is 0 Å². The van der Waals surface area contributed by atoms with Gasteiger partial charge in [0.1, 0.15) is 0 Å². The lowest BCUT2D eigenvalue weighted by Crippen LogP contribution is -2.17. The van der Waals surface area contributed by atoms with Gasteiger partial charge in [-0.2, -0.15) is 0 Å². The summed E-state index contributed by atoms with van der Waals surface area (Å²) in [7, 11) is 0. The Balaban J connectivity index is 0.000000166. The Kier molecular flexibility index (Phi) is 4.98. The van der Waals surface area contributed by atoms with Crippen molar-refractivity contribution in [2.75, 3.05) is 0 Å². The molecule has 2 aliphatic carbocycles. The fraction of sp³-hybridized carbons (Fsp3) is 0.389. The first kappa shape index (κ1) is 15.6. The Morgan fingerprint density at radius 3 is 2.48 bits per heavy atom. The highest BCUT2D eigenvalue weighted by molar-refractivity contribution is 5.58. The van der Waals surface area contributed by atoms with E-state index in [4.69, 9.17) is 11.6 Å². The number of allylic oxidation sites excluding steroid dienone is 1. The number of nitrogens with zero attached hydrogens (tertiary/aromatic N) is 2. The number of hydrogen-bond acceptors (Lipinski definition) is 4. The largest absolute Gasteiger partial charge is 0.401 e. The number of nitrogens with two attached hydrogens (primary N) is 2. The third kappa shape index (κ3) is 3.93. The molecular weight excluding hydrogens is 286 g/mol. The van der Waals surface area contributed by atoms with Crippen LogP contribution in [-0.4, -0.2) is 9.55 Å². The number of hydrogen-bond donors (Lipinski definition) is 3. The maximum Gasteiger partial charge on any atom is 0.0953 e. The molecule has 0 atom stereocenters. The van der Waals surface area contributed by atoms with Gasteiger partial charge < -0.3 is 15.7 Å². The molecule has 1 aromatic carbocycles. The summed E-state index contributed by atoms with van der Waals surface area (Å²) in [6, 6.07) is 11.2. The summed E-state index contributed by atoms with van der Waals surface area (Å²) in [5.41, 5.74) is 11.3. The Morgan fingerprint density at radius 2 is 1.91 bits per heavy atom. The fourth-order valence-corrected chi connectivity index (χ4v) is 2.72. The van der Waals surface area contributed by atoms with Gasteiger partial charge in [-0.15, -0.1) is 0 Å². The molecule has 0 radical (unpaired) electrons. The van der Waals surface area contributed by atoms with Crippen molar-refractivity contribution < 1.29 is 0 Å². The predicted molar refractivity (Wildman–Crippen MR) is 92.9 cm³/mol. The minimum atomic E-state index is 0.617. The third-order valence-electron chi connectivity index (χ3n) is 4.50. The first-order valence-electron chi connectivity index (χ1n) is 8.28. The molecule has 0 unspecified atom stereocenters. The minimum Gasteiger partial charge on any atom is -0.401 e. The molecule has 2 aromatic rings. The zero-order chi connectivity index (χ0) is 16.1. The molecule has 5 nitrogen and oxygen atoms in total. The molecule has 122 valence electrons. The van der Waals surface area contributed by atoms with Crippen molar-refractivity contribution in [2.45, 2.75) is 38.1 Å². The highest BCUT2D eigenvalue weighted by Gasteiger charge is 2.23. The van der Waals surface area contributed by atoms with Gasteiger partial charge in [0.15, 0.2) is 0 Å². The van der Waals surface area contributed by atoms with Gasteiger partial charge in [0, 0.05) is 17.9 Å². The highest BCUT2D eigenvalue weighted by Crippen LogP contribution is 2.35. The summed E-state index contributed by atoms with van der Waals surface area (Å²) in [6.07, 6.45) is 12.0. The molecule has 5 heteroatoms. The number of nitrogens with one attached hydrogen (secondary N) is 1. The number of aromatic nitrogens is 2. The van der Waals surface area contributed by atoms with Crippen LogP contribution in [0.4, 0.5) is 0 Å². The second-order valence-corrected chi connectivity index (χ2v) is 6.22. The van der Waals surface area contributed by atoms with Crippen molar-refractivity contribution in [3.8, 4) is 11.3 Å². The van der Waals surface area contributed by atoms with Crippen LogP contribution in [0.1, 0.15) is 38.1 Å². The van der Waals surface area contributed by atoms with Crippen molar-refractivity contribution in [1.29, 1.82) is 0 Å². The van der Waals surface area contributed by atoms with E-state index in [-0.39, 0.29) is 0 Å². The topological polar surface area (TPSA) is 81.9 Å². The molecule has 0 aliphatic heterocycles. The molecule has 2 saturated carbocycles. The standard InChI is InChI=1S/C13H14N2.C5H11N3/c1-2-5-11(6-3-1)13-9-14-10-15(13)12-7-4-8-12;6-5(3-8-7)4-1-2-4/h1-3,5-6,9-10,12H,4,7-8H2;3-4,8H,1-2,6-7H2/b;5-3-. The first-order valence-corrected chi connectivity index (χ1v) is 8.28. The van der Waals surface area contributed by atoms with Crippen LogP contribution < -0.4 is 17.0 Å². The summed E-state index contributed by atoms with van der Waals surface area (Å²) in [6.45, 7) is 0. The zero-order valence-corrected chi connectivity index (χ0v) is 13.4. The maximum absolute atomic E-state index is 5.51. The van der Waals surface area contributed by atoms with Crippen LogP contribution in [0, 0.1) is 5.92 Å². The van der Waals surface area contributed by atoms with Crippen molar-refractivity contribution in [3.05, 3.63) is 54.8 Å². The molecule has 5 N–H and O–H groups in total. The van der Waals surface area contributed by atoms with E-state index in [1.165, 1.54) is 43.4 Å². The normalized spacial score (nSPS) is 17.9. The second kappa shape index (κ2) is 7.33. The molecule has 0 bridgehead atoms. The quantitative estimate of drug-likeness (QED) is 0.599. The summed E-state index contributed by atoms with van der Waals surface area (Å²) in [5, 5.41) is 0. The molecule has 2 aliphatic rings. The van der Waals surface area contributed by atoms with Crippen LogP contribution in [0.2, 0.25) is 0 Å². The van der Waals surface area contributed by atoms with Gasteiger partial charge in [0.2, 0.25) is 0 Å². The first-order chi connectivity index (χ1) is 11.3. The average molecular weight is 311 g/mol. The second-order valence-electron chi connectivity index (χ2n) is 6.22. The molecule has 23 heavy (non-hydrogen) atoms. The van der Waals surface area contributed by atoms with Crippen LogP contribution in [0.5, 0.6) is 0 Å². The summed E-state index contributed by atoms with van der Waals surface area (Å²) in [4.78, 5) is 4.26. The smallest absolute Gasteiger partial charge is 0.0953 e. The van der Waals surface area contributed by atoms with E-state index in [1.54, 1.807) is 6.20 Å². The van der Waals surface area contributed by atoms with Gasteiger partial charge in [-0.25, -0.2) is 4.98 Å². The molecule has 4 rings (SSSR count). The van der Waals surface area contributed by atoms with Crippen LogP contribution in [0.15, 0.2) is 54.8 Å². The molecular formula is C18H25N5. The molecule has 2 fully saturated rings. The van der Waals surface area contributed by atoms with Crippen LogP contribution >= 0.6 is 0 Å². The molecule has 0 saturated heterocycles. The number of rotatable bonds is 4. The Hall–Kier alpha value is -2.27. The zero-order valence-electron chi connectivity index (χ0n) is 13.4. The number of hydrazine groups is 1. The van der Waals surface area contributed by atoms with Gasteiger partial charge in [-0.05, 0) is 43.6 Å². The lowest BCUT2D eigenvalue weighted by Gasteiger charge is -2.28. The van der Waals surface area contributed by atoms with Crippen molar-refractivity contribution >= 4 is 0 Å². The van der Waals surface area contributed by atoms with E-state index >= 15 is 0 Å². The number of imidazole rings is 1. The SMILES string of the molecule is NN/C=C(\N)C1CC1.c1ccc(-c2cncn2C2CCC2)cc1. The predicted octanol–water partition coefficient (Wildman–Crippen LogP) is 2.93. The monoisotopic (exact) mass is 311 g/mol. The van der Waals surface area contributed by atoms with Gasteiger partial charge >= 0.3 is 0 Å². The van der Waals surface area contributed by atoms with Gasteiger partial charge in [-0.1, -0.05) is 30.3 Å². The Bertz CT molecular complexity index is 638. The van der Waals surface area contributed by atoms with Crippen molar-refractivity contribution in [3.63, 3.8) is 0 Å². The average Bonchev–Trinajstić information content (AvgIpc) is 3.28. The molecule has 1 aromatic heterocycles. The van der Waals surface area contributed by atoms with Gasteiger partial charge in [-0.3, -0.25) is 5.84 Å². The van der Waals surface area contributed by atoms with E-state index in [1.807, 2.05) is 18.6 Å². The van der Waals surface area contributed by atoms with Gasteiger partial charge in [0.25, 0.3) is 0 Å². The van der Waals surface area contributed by atoms with E-state index in [0.29, 0.717) is 12.0 Å². The number of benzene rings is 1. The minimum absolute atomic E-state index is 0.617. The molecule has 0 amide bonds. The summed E-state index contributed by atoms with van der Waals surface area (Å²) in [5.74, 6) is 5.61. The summed E-state index contributed by atoms with van der Waals surface area (Å²) >= 11 is 0. The lowest BCUT2D eigenvalue weighted by atomic mass is 9.92. The maximum atomic E-state index is 5.51. The summed E-state index contributed by atoms with van der Waals surface area (Å²) < 4.78 is 2.32.